The van der Waals surface area contributed by atoms with E-state index in [0.717, 1.165) is 37.1 Å². The van der Waals surface area contributed by atoms with Gasteiger partial charge in [-0.2, -0.15) is 0 Å². The minimum Gasteiger partial charge on any atom is -0.358 e. The monoisotopic (exact) mass is 341 g/mol. The van der Waals surface area contributed by atoms with Crippen LogP contribution in [0.2, 0.25) is 4.34 Å². The van der Waals surface area contributed by atoms with Gasteiger partial charge in [0.05, 0.1) is 4.34 Å². The number of hydrogen-bond donors (Lipinski definition) is 0. The zero-order valence-electron chi connectivity index (χ0n) is 12.1. The molecule has 0 bridgehead atoms. The van der Waals surface area contributed by atoms with Crippen LogP contribution >= 0.6 is 22.9 Å². The van der Waals surface area contributed by atoms with Crippen LogP contribution in [0.3, 0.4) is 0 Å². The Morgan fingerprint density at radius 3 is 2.68 bits per heavy atom. The van der Waals surface area contributed by atoms with Gasteiger partial charge in [0.1, 0.15) is 0 Å². The molecule has 0 N–H and O–H groups in total. The third-order valence-corrected chi connectivity index (χ3v) is 4.96. The number of anilines is 1. The molecule has 22 heavy (non-hydrogen) atoms. The topological polar surface area (TPSA) is 67.4 Å². The zero-order valence-corrected chi connectivity index (χ0v) is 13.7. The van der Waals surface area contributed by atoms with Crippen molar-refractivity contribution >= 4 is 34.6 Å². The summed E-state index contributed by atoms with van der Waals surface area (Å²) in [6.45, 7) is 4.09. The third-order valence-electron chi connectivity index (χ3n) is 3.74. The van der Waals surface area contributed by atoms with Crippen LogP contribution in [-0.2, 0) is 13.6 Å². The number of aromatic nitrogens is 2. The van der Waals surface area contributed by atoms with E-state index in [0.29, 0.717) is 5.82 Å². The number of nitro groups is 1. The van der Waals surface area contributed by atoms with E-state index < -0.39 is 4.92 Å². The molecule has 0 spiro atoms. The first kappa shape index (κ1) is 15.3. The average Bonchev–Trinajstić information content (AvgIpc) is 3.06. The summed E-state index contributed by atoms with van der Waals surface area (Å²) in [5.74, 6) is 0.518. The van der Waals surface area contributed by atoms with Crippen LogP contribution in [0.5, 0.6) is 0 Å². The molecule has 2 aromatic rings. The van der Waals surface area contributed by atoms with E-state index in [4.69, 9.17) is 11.6 Å². The van der Waals surface area contributed by atoms with E-state index in [2.05, 4.69) is 9.88 Å². The van der Waals surface area contributed by atoms with Crippen molar-refractivity contribution in [2.45, 2.75) is 6.54 Å². The first-order valence-corrected chi connectivity index (χ1v) is 8.11. The molecule has 9 heteroatoms. The highest BCUT2D eigenvalue weighted by molar-refractivity contribution is 7.16. The summed E-state index contributed by atoms with van der Waals surface area (Å²) in [4.78, 5) is 20.1. The van der Waals surface area contributed by atoms with Crippen LogP contribution in [0, 0.1) is 10.1 Å². The van der Waals surface area contributed by atoms with Crippen molar-refractivity contribution in [3.05, 3.63) is 37.8 Å². The molecule has 0 amide bonds. The highest BCUT2D eigenvalue weighted by Crippen LogP contribution is 2.28. The van der Waals surface area contributed by atoms with Crippen molar-refractivity contribution in [2.24, 2.45) is 7.05 Å². The predicted molar refractivity (Wildman–Crippen MR) is 86.7 cm³/mol. The largest absolute Gasteiger partial charge is 0.406 e. The Kier molecular flexibility index (Phi) is 4.32. The van der Waals surface area contributed by atoms with Crippen molar-refractivity contribution in [1.29, 1.82) is 0 Å². The molecule has 0 aromatic carbocycles. The van der Waals surface area contributed by atoms with Crippen LogP contribution in [0.4, 0.5) is 11.6 Å². The Morgan fingerprint density at radius 2 is 2.09 bits per heavy atom. The number of piperazine rings is 1. The Morgan fingerprint density at radius 1 is 1.36 bits per heavy atom. The van der Waals surface area contributed by atoms with Crippen LogP contribution in [0.25, 0.3) is 0 Å². The molecular weight excluding hydrogens is 326 g/mol. The predicted octanol–water partition coefficient (Wildman–Crippen LogP) is 2.37. The zero-order chi connectivity index (χ0) is 15.7. The highest BCUT2D eigenvalue weighted by atomic mass is 35.5. The maximum Gasteiger partial charge on any atom is 0.406 e. The first-order chi connectivity index (χ1) is 10.5. The summed E-state index contributed by atoms with van der Waals surface area (Å²) in [6.07, 6.45) is 1.49. The molecule has 118 valence electrons. The van der Waals surface area contributed by atoms with Crippen LogP contribution in [0.1, 0.15) is 4.88 Å². The molecule has 0 aliphatic carbocycles. The molecule has 3 rings (SSSR count). The molecule has 3 heterocycles. The van der Waals surface area contributed by atoms with Gasteiger partial charge in [0.2, 0.25) is 12.1 Å². The molecule has 7 nitrogen and oxygen atoms in total. The van der Waals surface area contributed by atoms with Gasteiger partial charge in [-0.25, -0.2) is 0 Å². The van der Waals surface area contributed by atoms with E-state index in [1.54, 1.807) is 23.0 Å². The van der Waals surface area contributed by atoms with Crippen molar-refractivity contribution in [2.75, 3.05) is 31.1 Å². The lowest BCUT2D eigenvalue weighted by Crippen LogP contribution is -2.46. The number of rotatable bonds is 4. The lowest BCUT2D eigenvalue weighted by atomic mass is 10.3. The highest BCUT2D eigenvalue weighted by Gasteiger charge is 2.28. The van der Waals surface area contributed by atoms with E-state index >= 15 is 0 Å². The summed E-state index contributed by atoms with van der Waals surface area (Å²) in [6, 6.07) is 3.96. The minimum absolute atomic E-state index is 0.0685. The maximum atomic E-state index is 11.1. The number of hydrogen-bond acceptors (Lipinski definition) is 6. The molecular formula is C13H16ClN5O2S. The van der Waals surface area contributed by atoms with Crippen molar-refractivity contribution in [3.63, 3.8) is 0 Å². The summed E-state index contributed by atoms with van der Waals surface area (Å²) < 4.78 is 2.52. The van der Waals surface area contributed by atoms with Gasteiger partial charge in [-0.05, 0) is 22.0 Å². The summed E-state index contributed by atoms with van der Waals surface area (Å²) in [7, 11) is 1.79. The number of aryl methyl sites for hydroxylation is 1. The van der Waals surface area contributed by atoms with Gasteiger partial charge >= 0.3 is 5.82 Å². The molecule has 0 atom stereocenters. The van der Waals surface area contributed by atoms with E-state index in [1.165, 1.54) is 11.2 Å². The van der Waals surface area contributed by atoms with Gasteiger partial charge in [-0.15, -0.1) is 11.3 Å². The molecule has 1 saturated heterocycles. The second-order valence-corrected chi connectivity index (χ2v) is 7.03. The van der Waals surface area contributed by atoms with Gasteiger partial charge < -0.3 is 15.0 Å². The first-order valence-electron chi connectivity index (χ1n) is 6.92. The normalized spacial score (nSPS) is 16.2. The molecule has 0 unspecified atom stereocenters. The lowest BCUT2D eigenvalue weighted by molar-refractivity contribution is -0.388. The van der Waals surface area contributed by atoms with E-state index in [-0.39, 0.29) is 5.82 Å². The fourth-order valence-electron chi connectivity index (χ4n) is 2.68. The second kappa shape index (κ2) is 6.23. The van der Waals surface area contributed by atoms with Gasteiger partial charge in [0.15, 0.2) is 0 Å². The SMILES string of the molecule is Cn1cnc([N+](=O)[O-])c1N1CCN(Cc2ccc(Cl)s2)CC1. The van der Waals surface area contributed by atoms with Gasteiger partial charge in [0.25, 0.3) is 0 Å². The maximum absolute atomic E-state index is 11.1. The fourth-order valence-corrected chi connectivity index (χ4v) is 3.81. The van der Waals surface area contributed by atoms with Crippen LogP contribution in [0.15, 0.2) is 18.5 Å². The molecule has 1 fully saturated rings. The minimum atomic E-state index is -0.421. The van der Waals surface area contributed by atoms with Crippen LogP contribution in [-0.4, -0.2) is 45.6 Å². The Hall–Kier alpha value is -1.64. The average molecular weight is 342 g/mol. The standard InChI is InChI=1S/C13H16ClN5O2S/c1-16-9-15-12(19(20)21)13(16)18-6-4-17(5-7-18)8-10-2-3-11(14)22-10/h2-3,9H,4-8H2,1H3. The van der Waals surface area contributed by atoms with Gasteiger partial charge in [-0.1, -0.05) is 11.6 Å². The van der Waals surface area contributed by atoms with Crippen molar-refractivity contribution in [1.82, 2.24) is 14.5 Å². The molecule has 1 aliphatic rings. The number of thiophene rings is 1. The number of imidazole rings is 1. The summed E-state index contributed by atoms with van der Waals surface area (Å²) in [5.41, 5.74) is 0. The number of nitrogens with zero attached hydrogens (tertiary/aromatic N) is 5. The smallest absolute Gasteiger partial charge is 0.358 e. The molecule has 2 aromatic heterocycles. The van der Waals surface area contributed by atoms with E-state index in [1.807, 2.05) is 17.0 Å². The van der Waals surface area contributed by atoms with Gasteiger partial charge in [-0.3, -0.25) is 9.47 Å². The molecule has 1 aliphatic heterocycles. The summed E-state index contributed by atoms with van der Waals surface area (Å²) in [5, 5.41) is 11.1. The van der Waals surface area contributed by atoms with Crippen molar-refractivity contribution < 1.29 is 4.92 Å². The van der Waals surface area contributed by atoms with Crippen molar-refractivity contribution in [3.8, 4) is 0 Å². The Balaban J connectivity index is 1.64. The second-order valence-electron chi connectivity index (χ2n) is 5.23. The van der Waals surface area contributed by atoms with Crippen LogP contribution < -0.4 is 4.90 Å². The fraction of sp³-hybridized carbons (Fsp3) is 0.462. The number of halogens is 1. The quantitative estimate of drug-likeness (QED) is 0.631. The molecule has 0 saturated carbocycles. The van der Waals surface area contributed by atoms with E-state index in [9.17, 15) is 10.1 Å². The third kappa shape index (κ3) is 3.08. The lowest BCUT2D eigenvalue weighted by Gasteiger charge is -2.35. The Labute approximate surface area is 136 Å². The molecule has 0 radical (unpaired) electrons. The Bertz CT molecular complexity index is 678. The summed E-state index contributed by atoms with van der Waals surface area (Å²) >= 11 is 7.55. The van der Waals surface area contributed by atoms with Gasteiger partial charge in [0, 0.05) is 44.6 Å².